The molecular formula is C13H14BrNOS. The number of thioether (sulfide) groups is 1. The summed E-state index contributed by atoms with van der Waals surface area (Å²) in [5.74, 6) is 2.74. The number of hydrogen-bond acceptors (Lipinski definition) is 2. The molecule has 1 aromatic carbocycles. The van der Waals surface area contributed by atoms with Crippen molar-refractivity contribution in [2.75, 3.05) is 12.3 Å². The van der Waals surface area contributed by atoms with Crippen LogP contribution in [0.4, 0.5) is 0 Å². The lowest BCUT2D eigenvalue weighted by Gasteiger charge is -2.08. The summed E-state index contributed by atoms with van der Waals surface area (Å²) in [7, 11) is 0. The lowest BCUT2D eigenvalue weighted by Crippen LogP contribution is -2.25. The summed E-state index contributed by atoms with van der Waals surface area (Å²) in [5.41, 5.74) is 2.33. The van der Waals surface area contributed by atoms with Gasteiger partial charge in [-0.15, -0.1) is 18.2 Å². The van der Waals surface area contributed by atoms with Crippen LogP contribution >= 0.6 is 27.7 Å². The van der Waals surface area contributed by atoms with Gasteiger partial charge >= 0.3 is 0 Å². The third-order valence-corrected chi connectivity index (χ3v) is 4.21. The Bertz CT molecular complexity index is 465. The van der Waals surface area contributed by atoms with E-state index in [9.17, 15) is 4.79 Å². The highest BCUT2D eigenvalue weighted by atomic mass is 79.9. The van der Waals surface area contributed by atoms with Gasteiger partial charge in [-0.3, -0.25) is 4.79 Å². The van der Waals surface area contributed by atoms with E-state index in [0.717, 1.165) is 14.9 Å². The van der Waals surface area contributed by atoms with Crippen molar-refractivity contribution in [3.63, 3.8) is 0 Å². The van der Waals surface area contributed by atoms with E-state index in [2.05, 4.69) is 39.3 Å². The van der Waals surface area contributed by atoms with Gasteiger partial charge in [0.05, 0.1) is 12.3 Å². The predicted molar refractivity (Wildman–Crippen MR) is 76.2 cm³/mol. The summed E-state index contributed by atoms with van der Waals surface area (Å²) in [6.45, 7) is 4.36. The van der Waals surface area contributed by atoms with Gasteiger partial charge in [0.25, 0.3) is 0 Å². The van der Waals surface area contributed by atoms with E-state index in [4.69, 9.17) is 6.42 Å². The molecule has 4 heteroatoms. The largest absolute Gasteiger partial charge is 0.344 e. The van der Waals surface area contributed by atoms with E-state index < -0.39 is 0 Å². The normalized spacial score (nSPS) is 9.76. The van der Waals surface area contributed by atoms with Crippen LogP contribution in [-0.2, 0) is 4.79 Å². The first-order valence-corrected chi connectivity index (χ1v) is 6.92. The topological polar surface area (TPSA) is 29.1 Å². The maximum Gasteiger partial charge on any atom is 0.231 e. The van der Waals surface area contributed by atoms with Gasteiger partial charge in [0.2, 0.25) is 5.91 Å². The standard InChI is InChI=1S/C13H14BrNOS/c1-4-5-15-13(16)8-17-12-7-9(2)11(14)6-10(12)3/h1,6-7H,5,8H2,2-3H3,(H,15,16). The van der Waals surface area contributed by atoms with Gasteiger partial charge in [-0.2, -0.15) is 0 Å². The van der Waals surface area contributed by atoms with Crippen molar-refractivity contribution >= 4 is 33.6 Å². The SMILES string of the molecule is C#CCNC(=O)CSc1cc(C)c(Br)cc1C. The summed E-state index contributed by atoms with van der Waals surface area (Å²) >= 11 is 5.01. The van der Waals surface area contributed by atoms with Gasteiger partial charge in [0.15, 0.2) is 0 Å². The zero-order valence-corrected chi connectivity index (χ0v) is 12.2. The third-order valence-electron chi connectivity index (χ3n) is 2.20. The zero-order chi connectivity index (χ0) is 12.8. The first kappa shape index (κ1) is 14.1. The molecular weight excluding hydrogens is 298 g/mol. The number of halogens is 1. The molecule has 2 nitrogen and oxygen atoms in total. The molecule has 17 heavy (non-hydrogen) atoms. The minimum absolute atomic E-state index is 0.0343. The molecule has 0 heterocycles. The molecule has 90 valence electrons. The number of benzene rings is 1. The number of hydrogen-bond donors (Lipinski definition) is 1. The summed E-state index contributed by atoms with van der Waals surface area (Å²) < 4.78 is 1.09. The van der Waals surface area contributed by atoms with Gasteiger partial charge in [-0.1, -0.05) is 21.9 Å². The van der Waals surface area contributed by atoms with E-state index in [1.54, 1.807) is 0 Å². The number of carbonyl (C=O) groups excluding carboxylic acids is 1. The lowest BCUT2D eigenvalue weighted by atomic mass is 10.2. The molecule has 0 bridgehead atoms. The molecule has 0 aromatic heterocycles. The molecule has 0 fully saturated rings. The fourth-order valence-electron chi connectivity index (χ4n) is 1.25. The van der Waals surface area contributed by atoms with E-state index in [-0.39, 0.29) is 12.5 Å². The fraction of sp³-hybridized carbons (Fsp3) is 0.308. The van der Waals surface area contributed by atoms with Crippen LogP contribution in [0.1, 0.15) is 11.1 Å². The number of nitrogens with one attached hydrogen (secondary N) is 1. The van der Waals surface area contributed by atoms with Crippen LogP contribution in [0.15, 0.2) is 21.5 Å². The maximum atomic E-state index is 11.4. The Kier molecular flexibility index (Phi) is 5.60. The van der Waals surface area contributed by atoms with Crippen LogP contribution in [0.2, 0.25) is 0 Å². The van der Waals surface area contributed by atoms with Crippen LogP contribution in [0, 0.1) is 26.2 Å². The number of terminal acetylenes is 1. The smallest absolute Gasteiger partial charge is 0.231 e. The maximum absolute atomic E-state index is 11.4. The molecule has 0 aliphatic heterocycles. The van der Waals surface area contributed by atoms with Gasteiger partial charge < -0.3 is 5.32 Å². The minimum Gasteiger partial charge on any atom is -0.344 e. The second kappa shape index (κ2) is 6.73. The first-order valence-electron chi connectivity index (χ1n) is 5.14. The summed E-state index contributed by atoms with van der Waals surface area (Å²) in [6.07, 6.45) is 5.07. The Morgan fingerprint density at radius 3 is 2.82 bits per heavy atom. The molecule has 1 amide bonds. The van der Waals surface area contributed by atoms with Crippen LogP contribution in [0.3, 0.4) is 0 Å². The molecule has 0 aliphatic rings. The molecule has 0 saturated carbocycles. The average molecular weight is 312 g/mol. The Morgan fingerprint density at radius 1 is 1.47 bits per heavy atom. The van der Waals surface area contributed by atoms with Crippen LogP contribution < -0.4 is 5.32 Å². The van der Waals surface area contributed by atoms with Crippen molar-refractivity contribution in [3.05, 3.63) is 27.7 Å². The second-order valence-electron chi connectivity index (χ2n) is 3.64. The molecule has 0 radical (unpaired) electrons. The molecule has 0 aliphatic carbocycles. The van der Waals surface area contributed by atoms with Gasteiger partial charge in [-0.05, 0) is 37.1 Å². The van der Waals surface area contributed by atoms with Crippen molar-refractivity contribution in [2.45, 2.75) is 18.7 Å². The van der Waals surface area contributed by atoms with Gasteiger partial charge in [0, 0.05) is 9.37 Å². The highest BCUT2D eigenvalue weighted by Gasteiger charge is 2.06. The fourth-order valence-corrected chi connectivity index (χ4v) is 2.65. The van der Waals surface area contributed by atoms with Crippen LogP contribution in [0.5, 0.6) is 0 Å². The molecule has 0 atom stereocenters. The van der Waals surface area contributed by atoms with Gasteiger partial charge in [-0.25, -0.2) is 0 Å². The van der Waals surface area contributed by atoms with Crippen molar-refractivity contribution in [2.24, 2.45) is 0 Å². The Labute approximate surface area is 115 Å². The van der Waals surface area contributed by atoms with E-state index in [0.29, 0.717) is 5.75 Å². The average Bonchev–Trinajstić information content (AvgIpc) is 2.29. The summed E-state index contributed by atoms with van der Waals surface area (Å²) in [4.78, 5) is 12.5. The number of rotatable bonds is 4. The highest BCUT2D eigenvalue weighted by Crippen LogP contribution is 2.28. The first-order chi connectivity index (χ1) is 8.04. The summed E-state index contributed by atoms with van der Waals surface area (Å²) in [5, 5.41) is 2.64. The zero-order valence-electron chi connectivity index (χ0n) is 9.84. The molecule has 0 unspecified atom stereocenters. The molecule has 0 saturated heterocycles. The number of aryl methyl sites for hydroxylation is 2. The van der Waals surface area contributed by atoms with Crippen molar-refractivity contribution in [3.8, 4) is 12.3 Å². The Balaban J connectivity index is 2.61. The highest BCUT2D eigenvalue weighted by molar-refractivity contribution is 9.10. The lowest BCUT2D eigenvalue weighted by molar-refractivity contribution is -0.118. The monoisotopic (exact) mass is 311 g/mol. The van der Waals surface area contributed by atoms with Gasteiger partial charge in [0.1, 0.15) is 0 Å². The summed E-state index contributed by atoms with van der Waals surface area (Å²) in [6, 6.07) is 4.15. The van der Waals surface area contributed by atoms with E-state index >= 15 is 0 Å². The Hall–Kier alpha value is -0.920. The molecule has 1 rings (SSSR count). The van der Waals surface area contributed by atoms with E-state index in [1.165, 1.54) is 17.3 Å². The third kappa shape index (κ3) is 4.45. The quantitative estimate of drug-likeness (QED) is 0.684. The van der Waals surface area contributed by atoms with Crippen molar-refractivity contribution < 1.29 is 4.79 Å². The minimum atomic E-state index is -0.0343. The Morgan fingerprint density at radius 2 is 2.18 bits per heavy atom. The van der Waals surface area contributed by atoms with Crippen LogP contribution in [-0.4, -0.2) is 18.2 Å². The predicted octanol–water partition coefficient (Wildman–Crippen LogP) is 2.91. The second-order valence-corrected chi connectivity index (χ2v) is 5.51. The molecule has 0 spiro atoms. The number of carbonyl (C=O) groups is 1. The van der Waals surface area contributed by atoms with Crippen molar-refractivity contribution in [1.29, 1.82) is 0 Å². The van der Waals surface area contributed by atoms with Crippen LogP contribution in [0.25, 0.3) is 0 Å². The molecule has 1 aromatic rings. The molecule has 1 N–H and O–H groups in total. The van der Waals surface area contributed by atoms with E-state index in [1.807, 2.05) is 13.8 Å². The van der Waals surface area contributed by atoms with Crippen molar-refractivity contribution in [1.82, 2.24) is 5.32 Å². The number of amides is 1.